The van der Waals surface area contributed by atoms with E-state index in [9.17, 15) is 9.59 Å². The number of carbonyl (C=O) groups excluding carboxylic acids is 2. The fourth-order valence-corrected chi connectivity index (χ4v) is 4.60. The molecule has 1 aliphatic carbocycles. The molecule has 4 nitrogen and oxygen atoms in total. The number of aryl methyl sites for hydroxylation is 2. The van der Waals surface area contributed by atoms with Gasteiger partial charge in [0.1, 0.15) is 0 Å². The van der Waals surface area contributed by atoms with Gasteiger partial charge >= 0.3 is 0 Å². The van der Waals surface area contributed by atoms with Gasteiger partial charge in [0.15, 0.2) is 10.9 Å². The SMILES string of the molecule is CC(C)c1ccc(C(=O)CCC(=O)Nc2nc3c(s2)CCc2ccccc2-3)cc1. The standard InChI is InChI=1S/C24H24N2O2S/c1-15(2)16-7-9-18(10-8-16)20(27)12-14-22(28)25-24-26-23-19-6-4-3-5-17(19)11-13-21(23)29-24/h3-10,15H,11-14H2,1-2H3,(H,25,26,28). The zero-order chi connectivity index (χ0) is 20.4. The number of amides is 1. The molecule has 1 aromatic heterocycles. The number of hydrogen-bond acceptors (Lipinski definition) is 4. The van der Waals surface area contributed by atoms with Crippen molar-refractivity contribution in [2.45, 2.75) is 45.4 Å². The minimum absolute atomic E-state index is 0.0113. The quantitative estimate of drug-likeness (QED) is 0.541. The number of nitrogens with zero attached hydrogens (tertiary/aromatic N) is 1. The van der Waals surface area contributed by atoms with E-state index in [0.717, 1.165) is 24.1 Å². The molecule has 0 bridgehead atoms. The second-order valence-corrected chi connectivity index (χ2v) is 8.78. The Kier molecular flexibility index (Phi) is 5.58. The highest BCUT2D eigenvalue weighted by molar-refractivity contribution is 7.16. The average molecular weight is 405 g/mol. The number of hydrogen-bond donors (Lipinski definition) is 1. The minimum Gasteiger partial charge on any atom is -0.302 e. The van der Waals surface area contributed by atoms with Crippen LogP contribution < -0.4 is 5.32 Å². The van der Waals surface area contributed by atoms with Crippen LogP contribution in [0.15, 0.2) is 48.5 Å². The van der Waals surface area contributed by atoms with Crippen molar-refractivity contribution in [1.82, 2.24) is 4.98 Å². The summed E-state index contributed by atoms with van der Waals surface area (Å²) in [6, 6.07) is 15.9. The molecular formula is C24H24N2O2S. The predicted molar refractivity (Wildman–Crippen MR) is 118 cm³/mol. The molecule has 1 heterocycles. The van der Waals surface area contributed by atoms with Gasteiger partial charge in [-0.2, -0.15) is 0 Å². The van der Waals surface area contributed by atoms with Crippen LogP contribution in [0.2, 0.25) is 0 Å². The first-order valence-electron chi connectivity index (χ1n) is 10.0. The van der Waals surface area contributed by atoms with Gasteiger partial charge in [-0.3, -0.25) is 9.59 Å². The topological polar surface area (TPSA) is 59.1 Å². The lowest BCUT2D eigenvalue weighted by Crippen LogP contribution is -2.13. The second-order valence-electron chi connectivity index (χ2n) is 7.70. The number of thiazole rings is 1. The molecule has 1 N–H and O–H groups in total. The Balaban J connectivity index is 1.36. The molecule has 2 aromatic carbocycles. The number of rotatable bonds is 6. The maximum absolute atomic E-state index is 12.4. The highest BCUT2D eigenvalue weighted by Gasteiger charge is 2.21. The maximum Gasteiger partial charge on any atom is 0.226 e. The maximum atomic E-state index is 12.4. The Morgan fingerprint density at radius 2 is 1.79 bits per heavy atom. The summed E-state index contributed by atoms with van der Waals surface area (Å²) in [5.41, 5.74) is 5.30. The molecule has 1 aliphatic rings. The van der Waals surface area contributed by atoms with Gasteiger partial charge < -0.3 is 5.32 Å². The number of ketones is 1. The van der Waals surface area contributed by atoms with Gasteiger partial charge in [0.25, 0.3) is 0 Å². The molecule has 0 atom stereocenters. The number of fused-ring (bicyclic) bond motifs is 3. The Bertz CT molecular complexity index is 1050. The van der Waals surface area contributed by atoms with Crippen LogP contribution in [0.5, 0.6) is 0 Å². The van der Waals surface area contributed by atoms with Crippen molar-refractivity contribution < 1.29 is 9.59 Å². The van der Waals surface area contributed by atoms with E-state index in [0.29, 0.717) is 16.6 Å². The smallest absolute Gasteiger partial charge is 0.226 e. The van der Waals surface area contributed by atoms with Gasteiger partial charge in [0.05, 0.1) is 5.69 Å². The van der Waals surface area contributed by atoms with E-state index in [4.69, 9.17) is 0 Å². The van der Waals surface area contributed by atoms with E-state index in [1.165, 1.54) is 27.3 Å². The van der Waals surface area contributed by atoms with Gasteiger partial charge in [0, 0.05) is 28.8 Å². The van der Waals surface area contributed by atoms with Gasteiger partial charge in [-0.15, -0.1) is 11.3 Å². The zero-order valence-electron chi connectivity index (χ0n) is 16.7. The summed E-state index contributed by atoms with van der Waals surface area (Å²) in [5.74, 6) is 0.250. The van der Waals surface area contributed by atoms with E-state index in [1.807, 2.05) is 36.4 Å². The van der Waals surface area contributed by atoms with E-state index >= 15 is 0 Å². The van der Waals surface area contributed by atoms with Gasteiger partial charge in [-0.25, -0.2) is 4.98 Å². The van der Waals surface area contributed by atoms with Crippen molar-refractivity contribution in [2.24, 2.45) is 0 Å². The summed E-state index contributed by atoms with van der Waals surface area (Å²) in [4.78, 5) is 30.6. The molecule has 0 radical (unpaired) electrons. The van der Waals surface area contributed by atoms with Crippen molar-refractivity contribution in [2.75, 3.05) is 5.32 Å². The summed E-state index contributed by atoms with van der Waals surface area (Å²) in [6.45, 7) is 4.24. The highest BCUT2D eigenvalue weighted by Crippen LogP contribution is 2.37. The van der Waals surface area contributed by atoms with E-state index < -0.39 is 0 Å². The summed E-state index contributed by atoms with van der Waals surface area (Å²) >= 11 is 1.53. The molecule has 0 saturated heterocycles. The van der Waals surface area contributed by atoms with Crippen molar-refractivity contribution in [3.63, 3.8) is 0 Å². The fraction of sp³-hybridized carbons (Fsp3) is 0.292. The largest absolute Gasteiger partial charge is 0.302 e. The lowest BCUT2D eigenvalue weighted by molar-refractivity contribution is -0.116. The summed E-state index contributed by atoms with van der Waals surface area (Å²) in [6.07, 6.45) is 2.31. The molecule has 29 heavy (non-hydrogen) atoms. The monoisotopic (exact) mass is 404 g/mol. The van der Waals surface area contributed by atoms with Crippen LogP contribution >= 0.6 is 11.3 Å². The summed E-state index contributed by atoms with van der Waals surface area (Å²) in [7, 11) is 0. The molecule has 0 saturated carbocycles. The van der Waals surface area contributed by atoms with E-state index in [1.54, 1.807) is 0 Å². The van der Waals surface area contributed by atoms with Crippen molar-refractivity contribution in [3.8, 4) is 11.3 Å². The highest BCUT2D eigenvalue weighted by atomic mass is 32.1. The van der Waals surface area contributed by atoms with Crippen LogP contribution in [-0.4, -0.2) is 16.7 Å². The number of benzene rings is 2. The molecule has 0 unspecified atom stereocenters. The normalized spacial score (nSPS) is 12.4. The molecule has 3 aromatic rings. The molecule has 0 fully saturated rings. The minimum atomic E-state index is -0.170. The third kappa shape index (κ3) is 4.30. The number of carbonyl (C=O) groups is 2. The summed E-state index contributed by atoms with van der Waals surface area (Å²) in [5, 5.41) is 3.49. The Morgan fingerprint density at radius 3 is 2.55 bits per heavy atom. The van der Waals surface area contributed by atoms with E-state index in [2.05, 4.69) is 36.3 Å². The third-order valence-corrected chi connectivity index (χ3v) is 6.35. The molecule has 148 valence electrons. The van der Waals surface area contributed by atoms with Crippen LogP contribution in [0.1, 0.15) is 59.0 Å². The van der Waals surface area contributed by atoms with Crippen molar-refractivity contribution in [3.05, 3.63) is 70.1 Å². The van der Waals surface area contributed by atoms with Gasteiger partial charge in [-0.05, 0) is 29.9 Å². The first kappa shape index (κ1) is 19.5. The van der Waals surface area contributed by atoms with Crippen LogP contribution in [-0.2, 0) is 17.6 Å². The Hall–Kier alpha value is -2.79. The Morgan fingerprint density at radius 1 is 1.03 bits per heavy atom. The van der Waals surface area contributed by atoms with Crippen molar-refractivity contribution in [1.29, 1.82) is 0 Å². The predicted octanol–water partition coefficient (Wildman–Crippen LogP) is 5.63. The van der Waals surface area contributed by atoms with Gasteiger partial charge in [-0.1, -0.05) is 62.4 Å². The molecular weight excluding hydrogens is 380 g/mol. The van der Waals surface area contributed by atoms with Gasteiger partial charge in [0.2, 0.25) is 5.91 Å². The number of anilines is 1. The number of aromatic nitrogens is 1. The van der Waals surface area contributed by atoms with E-state index in [-0.39, 0.29) is 24.5 Å². The second kappa shape index (κ2) is 8.29. The number of Topliss-reactive ketones (excluding diaryl/α,β-unsaturated/α-hetero) is 1. The number of nitrogens with one attached hydrogen (secondary N) is 1. The molecule has 0 aliphatic heterocycles. The third-order valence-electron chi connectivity index (χ3n) is 5.32. The van der Waals surface area contributed by atoms with Crippen LogP contribution in [0.3, 0.4) is 0 Å². The Labute approximate surface area is 175 Å². The first-order valence-corrected chi connectivity index (χ1v) is 10.8. The molecule has 0 spiro atoms. The molecule has 4 rings (SSSR count). The first-order chi connectivity index (χ1) is 14.0. The fourth-order valence-electron chi connectivity index (χ4n) is 3.61. The van der Waals surface area contributed by atoms with Crippen LogP contribution in [0.4, 0.5) is 5.13 Å². The lowest BCUT2D eigenvalue weighted by atomic mass is 9.94. The van der Waals surface area contributed by atoms with Crippen molar-refractivity contribution >= 4 is 28.2 Å². The average Bonchev–Trinajstić information content (AvgIpc) is 3.15. The summed E-state index contributed by atoms with van der Waals surface area (Å²) < 4.78 is 0. The van der Waals surface area contributed by atoms with Crippen LogP contribution in [0.25, 0.3) is 11.3 Å². The van der Waals surface area contributed by atoms with Crippen LogP contribution in [0, 0.1) is 0 Å². The molecule has 1 amide bonds. The lowest BCUT2D eigenvalue weighted by Gasteiger charge is -2.13. The zero-order valence-corrected chi connectivity index (χ0v) is 17.5. The molecule has 5 heteroatoms.